The van der Waals surface area contributed by atoms with E-state index in [1.807, 2.05) is 6.92 Å². The molecule has 2 rings (SSSR count). The Kier molecular flexibility index (Phi) is 6.32. The van der Waals surface area contributed by atoms with E-state index >= 15 is 0 Å². The molecule has 0 radical (unpaired) electrons. The quantitative estimate of drug-likeness (QED) is 0.689. The maximum absolute atomic E-state index is 12.2. The highest BCUT2D eigenvalue weighted by Crippen LogP contribution is 2.20. The van der Waals surface area contributed by atoms with Gasteiger partial charge in [-0.3, -0.25) is 10.1 Å². The van der Waals surface area contributed by atoms with Crippen molar-refractivity contribution in [3.63, 3.8) is 0 Å². The van der Waals surface area contributed by atoms with Crippen molar-refractivity contribution >= 4 is 46.5 Å². The zero-order valence-electron chi connectivity index (χ0n) is 13.2. The van der Waals surface area contributed by atoms with Crippen LogP contribution in [0.25, 0.3) is 0 Å². The fraction of sp³-hybridized carbons (Fsp3) is 0.118. The number of aromatic carboxylic acids is 1. The van der Waals surface area contributed by atoms with E-state index in [1.165, 1.54) is 12.1 Å². The minimum Gasteiger partial charge on any atom is -0.494 e. The number of halogens is 1. The Hall–Kier alpha value is -2.64. The predicted octanol–water partition coefficient (Wildman–Crippen LogP) is 3.56. The average Bonchev–Trinajstić information content (AvgIpc) is 2.57. The lowest BCUT2D eigenvalue weighted by molar-refractivity contribution is 0.0697. The maximum Gasteiger partial charge on any atom is 0.337 e. The Bertz CT molecular complexity index is 826. The third-order valence-corrected chi connectivity index (χ3v) is 3.62. The topological polar surface area (TPSA) is 87.7 Å². The van der Waals surface area contributed by atoms with Crippen molar-refractivity contribution < 1.29 is 19.4 Å². The summed E-state index contributed by atoms with van der Waals surface area (Å²) in [5, 5.41) is 14.5. The number of benzene rings is 2. The normalized spacial score (nSPS) is 10.0. The number of nitrogens with one attached hydrogen (secondary N) is 2. The van der Waals surface area contributed by atoms with E-state index < -0.39 is 11.9 Å². The van der Waals surface area contributed by atoms with Crippen molar-refractivity contribution in [2.45, 2.75) is 6.92 Å². The van der Waals surface area contributed by atoms with Crippen LogP contribution in [-0.2, 0) is 0 Å². The van der Waals surface area contributed by atoms with E-state index in [-0.39, 0.29) is 15.7 Å². The molecule has 0 spiro atoms. The van der Waals surface area contributed by atoms with Gasteiger partial charge in [-0.1, -0.05) is 17.7 Å². The third kappa shape index (κ3) is 5.17. The van der Waals surface area contributed by atoms with Gasteiger partial charge in [-0.2, -0.15) is 0 Å². The van der Waals surface area contributed by atoms with Crippen LogP contribution in [0.2, 0.25) is 5.02 Å². The zero-order valence-corrected chi connectivity index (χ0v) is 14.8. The average molecular weight is 379 g/mol. The summed E-state index contributed by atoms with van der Waals surface area (Å²) in [4.78, 5) is 23.3. The fourth-order valence-electron chi connectivity index (χ4n) is 2.00. The van der Waals surface area contributed by atoms with Crippen molar-refractivity contribution in [1.29, 1.82) is 0 Å². The van der Waals surface area contributed by atoms with Crippen molar-refractivity contribution in [1.82, 2.24) is 5.32 Å². The highest BCUT2D eigenvalue weighted by Gasteiger charge is 2.12. The van der Waals surface area contributed by atoms with E-state index in [0.717, 1.165) is 0 Å². The number of hydrogen-bond donors (Lipinski definition) is 3. The van der Waals surface area contributed by atoms with E-state index in [2.05, 4.69) is 10.6 Å². The van der Waals surface area contributed by atoms with Gasteiger partial charge >= 0.3 is 5.97 Å². The summed E-state index contributed by atoms with van der Waals surface area (Å²) < 4.78 is 5.35. The van der Waals surface area contributed by atoms with Crippen molar-refractivity contribution in [2.75, 3.05) is 11.9 Å². The number of thiocarbonyl (C=S) groups is 1. The Morgan fingerprint density at radius 3 is 2.68 bits per heavy atom. The Labute approximate surface area is 154 Å². The first kappa shape index (κ1) is 18.7. The second-order valence-electron chi connectivity index (χ2n) is 4.87. The molecule has 0 aromatic heterocycles. The monoisotopic (exact) mass is 378 g/mol. The van der Waals surface area contributed by atoms with Crippen LogP contribution in [0.3, 0.4) is 0 Å². The third-order valence-electron chi connectivity index (χ3n) is 3.09. The first-order valence-corrected chi connectivity index (χ1v) is 8.07. The van der Waals surface area contributed by atoms with Gasteiger partial charge in [-0.05, 0) is 55.5 Å². The highest BCUT2D eigenvalue weighted by molar-refractivity contribution is 7.80. The van der Waals surface area contributed by atoms with Crippen LogP contribution in [-0.4, -0.2) is 28.7 Å². The number of rotatable bonds is 5. The fourth-order valence-corrected chi connectivity index (χ4v) is 2.41. The standard InChI is InChI=1S/C17H15ClN2O4S/c1-2-24-12-5-3-4-10(8-12)15(21)20-17(25)19-11-6-7-14(18)13(9-11)16(22)23/h3-9H,2H2,1H3,(H,22,23)(H2,19,20,21,25). The first-order chi connectivity index (χ1) is 11.9. The molecule has 130 valence electrons. The van der Waals surface area contributed by atoms with Crippen LogP contribution in [0.4, 0.5) is 5.69 Å². The molecule has 0 aliphatic rings. The summed E-state index contributed by atoms with van der Waals surface area (Å²) in [6.45, 7) is 2.34. The Balaban J connectivity index is 2.05. The SMILES string of the molecule is CCOc1cccc(C(=O)NC(=S)Nc2ccc(Cl)c(C(=O)O)c2)c1. The molecule has 0 aliphatic carbocycles. The molecule has 25 heavy (non-hydrogen) atoms. The largest absolute Gasteiger partial charge is 0.494 e. The summed E-state index contributed by atoms with van der Waals surface area (Å²) in [5.74, 6) is -0.986. The zero-order chi connectivity index (χ0) is 18.4. The Morgan fingerprint density at radius 1 is 1.24 bits per heavy atom. The lowest BCUT2D eigenvalue weighted by Crippen LogP contribution is -2.34. The number of anilines is 1. The Morgan fingerprint density at radius 2 is 2.00 bits per heavy atom. The number of carbonyl (C=O) groups is 2. The van der Waals surface area contributed by atoms with Crippen LogP contribution in [0.1, 0.15) is 27.6 Å². The van der Waals surface area contributed by atoms with Crippen molar-refractivity contribution in [3.05, 3.63) is 58.6 Å². The number of hydrogen-bond acceptors (Lipinski definition) is 4. The molecule has 6 nitrogen and oxygen atoms in total. The van der Waals surface area contributed by atoms with Gasteiger partial charge in [0.25, 0.3) is 5.91 Å². The molecule has 0 unspecified atom stereocenters. The molecule has 0 saturated heterocycles. The molecule has 2 aromatic rings. The summed E-state index contributed by atoms with van der Waals surface area (Å²) in [6.07, 6.45) is 0. The van der Waals surface area contributed by atoms with Crippen LogP contribution >= 0.6 is 23.8 Å². The summed E-state index contributed by atoms with van der Waals surface area (Å²) in [7, 11) is 0. The summed E-state index contributed by atoms with van der Waals surface area (Å²) in [6, 6.07) is 11.0. The van der Waals surface area contributed by atoms with Crippen molar-refractivity contribution in [2.24, 2.45) is 0 Å². The van der Waals surface area contributed by atoms with Gasteiger partial charge < -0.3 is 15.2 Å². The molecular formula is C17H15ClN2O4S. The van der Waals surface area contributed by atoms with Gasteiger partial charge in [0.15, 0.2) is 5.11 Å². The number of carbonyl (C=O) groups excluding carboxylic acids is 1. The summed E-state index contributed by atoms with van der Waals surface area (Å²) >= 11 is 10.9. The lowest BCUT2D eigenvalue weighted by Gasteiger charge is -2.11. The van der Waals surface area contributed by atoms with Gasteiger partial charge in [0.1, 0.15) is 5.75 Å². The van der Waals surface area contributed by atoms with Crippen LogP contribution in [0, 0.1) is 0 Å². The molecule has 0 fully saturated rings. The second-order valence-corrected chi connectivity index (χ2v) is 5.68. The van der Waals surface area contributed by atoms with Crippen molar-refractivity contribution in [3.8, 4) is 5.75 Å². The van der Waals surface area contributed by atoms with E-state index in [4.69, 9.17) is 33.7 Å². The van der Waals surface area contributed by atoms with E-state index in [9.17, 15) is 9.59 Å². The van der Waals surface area contributed by atoms with Gasteiger partial charge in [-0.25, -0.2) is 4.79 Å². The number of carboxylic acids is 1. The number of amides is 1. The highest BCUT2D eigenvalue weighted by atomic mass is 35.5. The smallest absolute Gasteiger partial charge is 0.337 e. The van der Waals surface area contributed by atoms with Gasteiger partial charge in [0.2, 0.25) is 0 Å². The predicted molar refractivity (Wildman–Crippen MR) is 99.7 cm³/mol. The molecule has 0 bridgehead atoms. The van der Waals surface area contributed by atoms with Crippen LogP contribution < -0.4 is 15.4 Å². The molecule has 0 saturated carbocycles. The van der Waals surface area contributed by atoms with Crippen LogP contribution in [0.15, 0.2) is 42.5 Å². The molecule has 0 heterocycles. The lowest BCUT2D eigenvalue weighted by atomic mass is 10.2. The maximum atomic E-state index is 12.2. The molecule has 8 heteroatoms. The molecule has 0 aliphatic heterocycles. The molecule has 0 atom stereocenters. The summed E-state index contributed by atoms with van der Waals surface area (Å²) in [5.41, 5.74) is 0.720. The second kappa shape index (κ2) is 8.46. The van der Waals surface area contributed by atoms with Gasteiger partial charge in [0.05, 0.1) is 17.2 Å². The van der Waals surface area contributed by atoms with Gasteiger partial charge in [-0.15, -0.1) is 0 Å². The first-order valence-electron chi connectivity index (χ1n) is 7.28. The molecular weight excluding hydrogens is 364 g/mol. The van der Waals surface area contributed by atoms with Gasteiger partial charge in [0, 0.05) is 11.3 Å². The molecule has 1 amide bonds. The number of ether oxygens (including phenoxy) is 1. The number of carboxylic acid groups (broad SMARTS) is 1. The van der Waals surface area contributed by atoms with E-state index in [1.54, 1.807) is 30.3 Å². The molecule has 2 aromatic carbocycles. The molecule has 3 N–H and O–H groups in total. The van der Waals surface area contributed by atoms with E-state index in [0.29, 0.717) is 23.6 Å². The minimum atomic E-state index is -1.16. The minimum absolute atomic E-state index is 0.0328. The van der Waals surface area contributed by atoms with Crippen LogP contribution in [0.5, 0.6) is 5.75 Å².